The van der Waals surface area contributed by atoms with Crippen molar-refractivity contribution in [2.45, 2.75) is 19.5 Å². The van der Waals surface area contributed by atoms with Gasteiger partial charge in [0, 0.05) is 11.6 Å². The van der Waals surface area contributed by atoms with E-state index in [-0.39, 0.29) is 34.1 Å². The van der Waals surface area contributed by atoms with Crippen LogP contribution in [0.4, 0.5) is 18.9 Å². The molecule has 0 aliphatic heterocycles. The third-order valence-electron chi connectivity index (χ3n) is 3.48. The lowest BCUT2D eigenvalue weighted by Crippen LogP contribution is -2.15. The SMILES string of the molecule is CCc1cc(Oc2ccc(C(F)(F)F)cc2Cl)cc(C(N)=O)c1[N+](=O)[O-]. The van der Waals surface area contributed by atoms with Crippen molar-refractivity contribution in [2.75, 3.05) is 0 Å². The second kappa shape index (κ2) is 7.20. The molecule has 0 saturated carbocycles. The summed E-state index contributed by atoms with van der Waals surface area (Å²) >= 11 is 5.82. The number of benzene rings is 2. The molecule has 0 heterocycles. The fourth-order valence-corrected chi connectivity index (χ4v) is 2.50. The Morgan fingerprint density at radius 2 is 1.96 bits per heavy atom. The van der Waals surface area contributed by atoms with Crippen molar-refractivity contribution in [3.05, 3.63) is 62.2 Å². The quantitative estimate of drug-likeness (QED) is 0.592. The number of carbonyl (C=O) groups is 1. The molecule has 2 N–H and O–H groups in total. The number of nitrogens with zero attached hydrogens (tertiary/aromatic N) is 1. The number of carbonyl (C=O) groups excluding carboxylic acids is 1. The van der Waals surface area contributed by atoms with Gasteiger partial charge in [-0.2, -0.15) is 13.2 Å². The lowest BCUT2D eigenvalue weighted by molar-refractivity contribution is -0.385. The Morgan fingerprint density at radius 3 is 2.42 bits per heavy atom. The third kappa shape index (κ3) is 4.05. The van der Waals surface area contributed by atoms with Crippen molar-refractivity contribution in [3.63, 3.8) is 0 Å². The van der Waals surface area contributed by atoms with Crippen molar-refractivity contribution in [1.29, 1.82) is 0 Å². The lowest BCUT2D eigenvalue weighted by Gasteiger charge is -2.13. The van der Waals surface area contributed by atoms with Gasteiger partial charge in [0.2, 0.25) is 0 Å². The Balaban J connectivity index is 2.49. The number of primary amides is 1. The zero-order chi connectivity index (χ0) is 19.6. The first-order valence-corrected chi connectivity index (χ1v) is 7.58. The van der Waals surface area contributed by atoms with E-state index in [1.54, 1.807) is 6.92 Å². The molecule has 0 radical (unpaired) electrons. The van der Waals surface area contributed by atoms with Crippen LogP contribution in [0, 0.1) is 10.1 Å². The molecular formula is C16H12ClF3N2O4. The van der Waals surface area contributed by atoms with E-state index in [4.69, 9.17) is 22.1 Å². The number of hydrogen-bond donors (Lipinski definition) is 1. The van der Waals surface area contributed by atoms with Gasteiger partial charge in [0.1, 0.15) is 17.1 Å². The van der Waals surface area contributed by atoms with Crippen LogP contribution in [-0.2, 0) is 12.6 Å². The van der Waals surface area contributed by atoms with Gasteiger partial charge in [-0.1, -0.05) is 18.5 Å². The van der Waals surface area contributed by atoms with E-state index in [0.717, 1.165) is 18.2 Å². The number of ether oxygens (including phenoxy) is 1. The number of nitrogens with two attached hydrogens (primary N) is 1. The Labute approximate surface area is 150 Å². The highest BCUT2D eigenvalue weighted by Crippen LogP contribution is 2.38. The Bertz CT molecular complexity index is 885. The van der Waals surface area contributed by atoms with Crippen LogP contribution in [0.15, 0.2) is 30.3 Å². The number of hydrogen-bond acceptors (Lipinski definition) is 4. The molecule has 0 aliphatic rings. The molecule has 6 nitrogen and oxygen atoms in total. The monoisotopic (exact) mass is 388 g/mol. The Kier molecular flexibility index (Phi) is 5.41. The second-order valence-corrected chi connectivity index (χ2v) is 5.61. The molecule has 138 valence electrons. The highest BCUT2D eigenvalue weighted by atomic mass is 35.5. The van der Waals surface area contributed by atoms with Gasteiger partial charge in [0.25, 0.3) is 11.6 Å². The van der Waals surface area contributed by atoms with Crippen LogP contribution in [-0.4, -0.2) is 10.8 Å². The number of halogens is 4. The Morgan fingerprint density at radius 1 is 1.31 bits per heavy atom. The summed E-state index contributed by atoms with van der Waals surface area (Å²) in [5.41, 5.74) is 3.61. The number of aryl methyl sites for hydroxylation is 1. The predicted molar refractivity (Wildman–Crippen MR) is 87.5 cm³/mol. The maximum Gasteiger partial charge on any atom is 0.416 e. The fraction of sp³-hybridized carbons (Fsp3) is 0.188. The van der Waals surface area contributed by atoms with Crippen LogP contribution in [0.25, 0.3) is 0 Å². The standard InChI is InChI=1S/C16H12ClF3N2O4/c1-2-8-5-10(7-11(15(21)23)14(8)22(24)25)26-13-4-3-9(6-12(13)17)16(18,19)20/h3-7H,2H2,1H3,(H2,21,23). The van der Waals surface area contributed by atoms with Gasteiger partial charge in [-0.15, -0.1) is 0 Å². The summed E-state index contributed by atoms with van der Waals surface area (Å²) in [4.78, 5) is 22.0. The van der Waals surface area contributed by atoms with Crippen LogP contribution in [0.1, 0.15) is 28.4 Å². The minimum atomic E-state index is -4.57. The molecule has 0 saturated heterocycles. The highest BCUT2D eigenvalue weighted by Gasteiger charge is 2.31. The van der Waals surface area contributed by atoms with Crippen molar-refractivity contribution in [3.8, 4) is 11.5 Å². The van der Waals surface area contributed by atoms with Gasteiger partial charge in [-0.3, -0.25) is 14.9 Å². The molecule has 26 heavy (non-hydrogen) atoms. The molecule has 0 aliphatic carbocycles. The van der Waals surface area contributed by atoms with E-state index in [9.17, 15) is 28.1 Å². The minimum Gasteiger partial charge on any atom is -0.456 e. The van der Waals surface area contributed by atoms with Crippen molar-refractivity contribution in [2.24, 2.45) is 5.73 Å². The van der Waals surface area contributed by atoms with E-state index >= 15 is 0 Å². The molecule has 10 heteroatoms. The van der Waals surface area contributed by atoms with Crippen molar-refractivity contribution >= 4 is 23.2 Å². The van der Waals surface area contributed by atoms with E-state index in [2.05, 4.69) is 0 Å². The van der Waals surface area contributed by atoms with Crippen LogP contribution < -0.4 is 10.5 Å². The number of nitro groups is 1. The zero-order valence-corrected chi connectivity index (χ0v) is 14.0. The maximum absolute atomic E-state index is 12.7. The first kappa shape index (κ1) is 19.5. The largest absolute Gasteiger partial charge is 0.456 e. The summed E-state index contributed by atoms with van der Waals surface area (Å²) in [5, 5.41) is 10.9. The summed E-state index contributed by atoms with van der Waals surface area (Å²) in [5.74, 6) is -1.15. The molecule has 0 fully saturated rings. The topological polar surface area (TPSA) is 95.5 Å². The third-order valence-corrected chi connectivity index (χ3v) is 3.77. The minimum absolute atomic E-state index is 0.0112. The van der Waals surface area contributed by atoms with Crippen LogP contribution in [0.5, 0.6) is 11.5 Å². The first-order valence-electron chi connectivity index (χ1n) is 7.20. The predicted octanol–water partition coefficient (Wildman–Crippen LogP) is 4.72. The van der Waals surface area contributed by atoms with E-state index in [1.807, 2.05) is 0 Å². The lowest BCUT2D eigenvalue weighted by atomic mass is 10.0. The summed E-state index contributed by atoms with van der Waals surface area (Å²) in [6.07, 6.45) is -4.36. The molecule has 0 atom stereocenters. The smallest absolute Gasteiger partial charge is 0.416 e. The highest BCUT2D eigenvalue weighted by molar-refractivity contribution is 6.32. The zero-order valence-electron chi connectivity index (χ0n) is 13.3. The molecule has 0 bridgehead atoms. The van der Waals surface area contributed by atoms with Gasteiger partial charge >= 0.3 is 6.18 Å². The summed E-state index contributed by atoms with van der Waals surface area (Å²) < 4.78 is 43.4. The van der Waals surface area contributed by atoms with E-state index in [0.29, 0.717) is 6.07 Å². The van der Waals surface area contributed by atoms with Gasteiger partial charge in [-0.25, -0.2) is 0 Å². The molecule has 2 aromatic rings. The van der Waals surface area contributed by atoms with Crippen molar-refractivity contribution < 1.29 is 27.6 Å². The summed E-state index contributed by atoms with van der Waals surface area (Å²) in [6.45, 7) is 1.63. The number of nitro benzene ring substituents is 1. The average Bonchev–Trinajstić information content (AvgIpc) is 2.54. The Hall–Kier alpha value is -2.81. The van der Waals surface area contributed by atoms with Crippen LogP contribution in [0.3, 0.4) is 0 Å². The van der Waals surface area contributed by atoms with E-state index in [1.165, 1.54) is 6.07 Å². The summed E-state index contributed by atoms with van der Waals surface area (Å²) in [7, 11) is 0. The molecule has 0 unspecified atom stereocenters. The second-order valence-electron chi connectivity index (χ2n) is 5.20. The van der Waals surface area contributed by atoms with Gasteiger partial charge in [-0.05, 0) is 30.7 Å². The summed E-state index contributed by atoms with van der Waals surface area (Å²) in [6, 6.07) is 4.84. The number of rotatable bonds is 5. The number of amides is 1. The molecule has 1 amide bonds. The van der Waals surface area contributed by atoms with Crippen LogP contribution >= 0.6 is 11.6 Å². The first-order chi connectivity index (χ1) is 12.0. The molecule has 2 rings (SSSR count). The van der Waals surface area contributed by atoms with E-state index < -0.39 is 28.3 Å². The maximum atomic E-state index is 12.7. The van der Waals surface area contributed by atoms with Gasteiger partial charge < -0.3 is 10.5 Å². The molecule has 2 aromatic carbocycles. The van der Waals surface area contributed by atoms with Gasteiger partial charge in [0.05, 0.1) is 15.5 Å². The number of alkyl halides is 3. The van der Waals surface area contributed by atoms with Gasteiger partial charge in [0.15, 0.2) is 0 Å². The van der Waals surface area contributed by atoms with Crippen molar-refractivity contribution in [1.82, 2.24) is 0 Å². The average molecular weight is 389 g/mol. The normalized spacial score (nSPS) is 11.3. The molecular weight excluding hydrogens is 377 g/mol. The fourth-order valence-electron chi connectivity index (χ4n) is 2.28. The molecule has 0 aromatic heterocycles. The van der Waals surface area contributed by atoms with Crippen LogP contribution in [0.2, 0.25) is 5.02 Å². The molecule has 0 spiro atoms.